The van der Waals surface area contributed by atoms with Crippen molar-refractivity contribution in [2.75, 3.05) is 0 Å². The summed E-state index contributed by atoms with van der Waals surface area (Å²) in [6, 6.07) is 0.478. The summed E-state index contributed by atoms with van der Waals surface area (Å²) in [5, 5.41) is 6.60. The van der Waals surface area contributed by atoms with Gasteiger partial charge in [-0.2, -0.15) is 0 Å². The molecule has 5 rings (SSSR count). The van der Waals surface area contributed by atoms with Crippen LogP contribution in [0.2, 0.25) is 0 Å². The van der Waals surface area contributed by atoms with Gasteiger partial charge in [0.05, 0.1) is 23.4 Å². The lowest BCUT2D eigenvalue weighted by Gasteiger charge is -2.53. The fraction of sp³-hybridized carbons (Fsp3) is 0.923. The summed E-state index contributed by atoms with van der Waals surface area (Å²) in [5.74, 6) is 0.429. The molecular formula is C26H44N2O4. The molecule has 0 unspecified atom stereocenters. The Morgan fingerprint density at radius 3 is 1.16 bits per heavy atom. The highest BCUT2D eigenvalue weighted by Gasteiger charge is 2.56. The number of rotatable bonds is 6. The average Bonchev–Trinajstić information content (AvgIpc) is 2.63. The molecule has 5 fully saturated rings. The molecule has 0 aromatic carbocycles. The second-order valence-corrected chi connectivity index (χ2v) is 13.0. The maximum Gasteiger partial charge on any atom is 0.226 e. The Morgan fingerprint density at radius 2 is 0.906 bits per heavy atom. The van der Waals surface area contributed by atoms with Crippen molar-refractivity contribution in [1.29, 1.82) is 0 Å². The predicted molar refractivity (Wildman–Crippen MR) is 124 cm³/mol. The van der Waals surface area contributed by atoms with E-state index in [-0.39, 0.29) is 58.1 Å². The van der Waals surface area contributed by atoms with Gasteiger partial charge in [-0.05, 0) is 106 Å². The van der Waals surface area contributed by atoms with Crippen LogP contribution in [0.3, 0.4) is 0 Å². The molecule has 0 spiro atoms. The van der Waals surface area contributed by atoms with Crippen LogP contribution in [0.15, 0.2) is 0 Å². The minimum atomic E-state index is -0.264. The minimum absolute atomic E-state index is 0.130. The van der Waals surface area contributed by atoms with Gasteiger partial charge in [0, 0.05) is 22.9 Å². The van der Waals surface area contributed by atoms with Crippen molar-refractivity contribution in [2.45, 2.75) is 141 Å². The molecule has 182 valence electrons. The summed E-state index contributed by atoms with van der Waals surface area (Å²) >= 11 is 0. The van der Waals surface area contributed by atoms with Crippen molar-refractivity contribution in [3.8, 4) is 0 Å². The maximum atomic E-state index is 13.2. The van der Waals surface area contributed by atoms with Crippen molar-refractivity contribution in [3.05, 3.63) is 0 Å². The average molecular weight is 449 g/mol. The van der Waals surface area contributed by atoms with Crippen LogP contribution in [-0.4, -0.2) is 47.3 Å². The topological polar surface area (TPSA) is 76.7 Å². The summed E-state index contributed by atoms with van der Waals surface area (Å²) in [6.45, 7) is 12.5. The molecule has 0 radical (unpaired) electrons. The molecule has 0 aromatic heterocycles. The Kier molecular flexibility index (Phi) is 6.20. The minimum Gasteiger partial charge on any atom is -0.372 e. The number of nitrogens with one attached hydrogen (secondary N) is 2. The van der Waals surface area contributed by atoms with Gasteiger partial charge in [-0.3, -0.25) is 9.59 Å². The van der Waals surface area contributed by atoms with Crippen molar-refractivity contribution in [2.24, 2.45) is 10.8 Å². The molecule has 2 amide bonds. The van der Waals surface area contributed by atoms with Crippen LogP contribution < -0.4 is 10.6 Å². The highest BCUT2D eigenvalue weighted by Crippen LogP contribution is 2.57. The van der Waals surface area contributed by atoms with Crippen LogP contribution in [0.5, 0.6) is 0 Å². The van der Waals surface area contributed by atoms with E-state index in [4.69, 9.17) is 9.47 Å². The van der Waals surface area contributed by atoms with Gasteiger partial charge in [-0.15, -0.1) is 0 Å². The third kappa shape index (κ3) is 5.16. The maximum absolute atomic E-state index is 13.2. The van der Waals surface area contributed by atoms with Gasteiger partial charge in [0.1, 0.15) is 0 Å². The first-order valence-corrected chi connectivity index (χ1v) is 12.8. The van der Waals surface area contributed by atoms with E-state index in [1.165, 1.54) is 0 Å². The molecule has 0 saturated heterocycles. The largest absolute Gasteiger partial charge is 0.372 e. The van der Waals surface area contributed by atoms with Crippen molar-refractivity contribution in [1.82, 2.24) is 10.6 Å². The van der Waals surface area contributed by atoms with Crippen LogP contribution in [0.4, 0.5) is 0 Å². The zero-order valence-corrected chi connectivity index (χ0v) is 21.0. The van der Waals surface area contributed by atoms with Crippen molar-refractivity contribution < 1.29 is 19.1 Å². The molecule has 0 aliphatic heterocycles. The van der Waals surface area contributed by atoms with Gasteiger partial charge in [-0.25, -0.2) is 0 Å². The van der Waals surface area contributed by atoms with Crippen LogP contribution in [0.1, 0.15) is 106 Å². The number of carbonyl (C=O) groups is 2. The van der Waals surface area contributed by atoms with Crippen molar-refractivity contribution >= 4 is 11.8 Å². The van der Waals surface area contributed by atoms with Gasteiger partial charge < -0.3 is 20.1 Å². The molecule has 0 heterocycles. The highest BCUT2D eigenvalue weighted by atomic mass is 16.5. The van der Waals surface area contributed by atoms with E-state index in [1.54, 1.807) is 0 Å². The molecule has 2 bridgehead atoms. The molecule has 6 heteroatoms. The lowest BCUT2D eigenvalue weighted by atomic mass is 9.53. The summed E-state index contributed by atoms with van der Waals surface area (Å²) in [5.41, 5.74) is -0.788. The number of carbonyl (C=O) groups excluding carboxylic acids is 2. The van der Waals surface area contributed by atoms with E-state index >= 15 is 0 Å². The van der Waals surface area contributed by atoms with E-state index in [1.807, 2.05) is 0 Å². The summed E-state index contributed by atoms with van der Waals surface area (Å²) < 4.78 is 12.0. The van der Waals surface area contributed by atoms with Crippen LogP contribution >= 0.6 is 0 Å². The summed E-state index contributed by atoms with van der Waals surface area (Å²) in [4.78, 5) is 26.3. The monoisotopic (exact) mass is 448 g/mol. The number of fused-ring (bicyclic) bond motifs is 3. The molecule has 5 aliphatic rings. The van der Waals surface area contributed by atoms with E-state index in [0.717, 1.165) is 64.2 Å². The molecule has 5 aliphatic carbocycles. The van der Waals surface area contributed by atoms with Crippen LogP contribution in [-0.2, 0) is 19.1 Å². The second kappa shape index (κ2) is 8.26. The first-order chi connectivity index (χ1) is 14.8. The molecule has 5 saturated carbocycles. The fourth-order valence-electron chi connectivity index (χ4n) is 6.10. The van der Waals surface area contributed by atoms with E-state index in [0.29, 0.717) is 0 Å². The Hall–Kier alpha value is -1.14. The van der Waals surface area contributed by atoms with Gasteiger partial charge >= 0.3 is 0 Å². The van der Waals surface area contributed by atoms with Gasteiger partial charge in [-0.1, -0.05) is 0 Å². The fourth-order valence-corrected chi connectivity index (χ4v) is 6.10. The first-order valence-electron chi connectivity index (χ1n) is 12.8. The van der Waals surface area contributed by atoms with E-state index in [9.17, 15) is 9.59 Å². The van der Waals surface area contributed by atoms with E-state index in [2.05, 4.69) is 52.2 Å². The molecule has 6 nitrogen and oxygen atoms in total. The third-order valence-corrected chi connectivity index (χ3v) is 8.11. The Morgan fingerprint density at radius 1 is 0.625 bits per heavy atom. The number of amides is 2. The SMILES string of the molecule is CC(C)(C)OC1CC(NC(=O)C23CCC(C(=O)NC4CC(OC(C)(C)C)C4)(CC2)CC3)C1. The molecule has 0 atom stereocenters. The lowest BCUT2D eigenvalue weighted by Crippen LogP contribution is -2.59. The summed E-state index contributed by atoms with van der Waals surface area (Å²) in [6.07, 6.45) is 9.16. The number of ether oxygens (including phenoxy) is 2. The number of hydrogen-bond donors (Lipinski definition) is 2. The van der Waals surface area contributed by atoms with Crippen LogP contribution in [0, 0.1) is 10.8 Å². The molecule has 0 aromatic rings. The lowest BCUT2D eigenvalue weighted by molar-refractivity contribution is -0.155. The highest BCUT2D eigenvalue weighted by molar-refractivity contribution is 5.87. The van der Waals surface area contributed by atoms with Crippen molar-refractivity contribution in [3.63, 3.8) is 0 Å². The third-order valence-electron chi connectivity index (χ3n) is 8.11. The van der Waals surface area contributed by atoms with Gasteiger partial charge in [0.15, 0.2) is 0 Å². The van der Waals surface area contributed by atoms with Crippen LogP contribution in [0.25, 0.3) is 0 Å². The van der Waals surface area contributed by atoms with Gasteiger partial charge in [0.2, 0.25) is 11.8 Å². The Labute approximate surface area is 193 Å². The Balaban J connectivity index is 1.21. The molecule has 2 N–H and O–H groups in total. The standard InChI is InChI=1S/C26H44N2O4/c1-23(2,3)31-19-13-17(14-19)27-21(29)25-7-10-26(11-8-25,12-9-25)22(30)28-18-15-20(16-18)32-24(4,5)6/h17-20H,7-16H2,1-6H3,(H,27,29)(H,28,30). The number of hydrogen-bond acceptors (Lipinski definition) is 4. The van der Waals surface area contributed by atoms with E-state index < -0.39 is 0 Å². The normalized spacial score (nSPS) is 39.1. The smallest absolute Gasteiger partial charge is 0.226 e. The Bertz CT molecular complexity index is 637. The first kappa shape index (κ1) is 24.0. The quantitative estimate of drug-likeness (QED) is 0.637. The molecular weight excluding hydrogens is 404 g/mol. The second-order valence-electron chi connectivity index (χ2n) is 13.0. The molecule has 32 heavy (non-hydrogen) atoms. The van der Waals surface area contributed by atoms with Gasteiger partial charge in [0.25, 0.3) is 0 Å². The predicted octanol–water partition coefficient (Wildman–Crippen LogP) is 4.25. The zero-order valence-electron chi connectivity index (χ0n) is 21.0. The zero-order chi connectivity index (χ0) is 23.4. The summed E-state index contributed by atoms with van der Waals surface area (Å²) in [7, 11) is 0.